The van der Waals surface area contributed by atoms with E-state index in [-0.39, 0.29) is 5.97 Å². The van der Waals surface area contributed by atoms with E-state index in [0.717, 1.165) is 22.4 Å². The molecule has 3 nitrogen and oxygen atoms in total. The molecule has 0 saturated carbocycles. The Kier molecular flexibility index (Phi) is 4.77. The van der Waals surface area contributed by atoms with Crippen LogP contribution in [0.1, 0.15) is 11.1 Å². The Balaban J connectivity index is 2.45. The molecule has 0 bridgehead atoms. The smallest absolute Gasteiger partial charge is 0.331 e. The Morgan fingerprint density at radius 3 is 2.05 bits per heavy atom. The highest BCUT2D eigenvalue weighted by atomic mass is 16.5. The Labute approximate surface area is 125 Å². The van der Waals surface area contributed by atoms with Crippen LogP contribution < -0.4 is 4.90 Å². The zero-order valence-electron chi connectivity index (χ0n) is 12.5. The van der Waals surface area contributed by atoms with Crippen molar-refractivity contribution < 1.29 is 9.53 Å². The number of nitrogens with zero attached hydrogens (tertiary/aromatic N) is 1. The molecule has 3 heteroatoms. The van der Waals surface area contributed by atoms with Gasteiger partial charge in [-0.05, 0) is 28.8 Å². The summed E-state index contributed by atoms with van der Waals surface area (Å²) in [6, 6.07) is 17.9. The average Bonchev–Trinajstić information content (AvgIpc) is 2.53. The standard InChI is InChI=1S/C18H19NO2/c1-19(2)16-11-9-15(10-12-16)17(13-18(20)21-3)14-7-5-4-6-8-14/h4-13H,1-3H3/b17-13+. The van der Waals surface area contributed by atoms with Gasteiger partial charge in [-0.3, -0.25) is 0 Å². The molecule has 0 N–H and O–H groups in total. The van der Waals surface area contributed by atoms with Gasteiger partial charge in [0.15, 0.2) is 0 Å². The lowest BCUT2D eigenvalue weighted by Crippen LogP contribution is -2.08. The number of rotatable bonds is 4. The fraction of sp³-hybridized carbons (Fsp3) is 0.167. The third-order valence-electron chi connectivity index (χ3n) is 3.24. The van der Waals surface area contributed by atoms with Crippen molar-refractivity contribution in [2.45, 2.75) is 0 Å². The zero-order chi connectivity index (χ0) is 15.2. The second-order valence-corrected chi connectivity index (χ2v) is 4.89. The molecule has 0 atom stereocenters. The maximum absolute atomic E-state index is 11.6. The van der Waals surface area contributed by atoms with Gasteiger partial charge in [0.1, 0.15) is 0 Å². The molecule has 0 fully saturated rings. The van der Waals surface area contributed by atoms with Gasteiger partial charge in [-0.1, -0.05) is 42.5 Å². The van der Waals surface area contributed by atoms with Crippen LogP contribution in [0.3, 0.4) is 0 Å². The van der Waals surface area contributed by atoms with Crippen LogP contribution in [0, 0.1) is 0 Å². The highest BCUT2D eigenvalue weighted by Crippen LogP contribution is 2.25. The summed E-state index contributed by atoms with van der Waals surface area (Å²) < 4.78 is 4.76. The van der Waals surface area contributed by atoms with E-state index in [1.807, 2.05) is 73.6 Å². The van der Waals surface area contributed by atoms with Gasteiger partial charge in [-0.25, -0.2) is 4.79 Å². The van der Waals surface area contributed by atoms with Gasteiger partial charge in [0.2, 0.25) is 0 Å². The van der Waals surface area contributed by atoms with Crippen LogP contribution in [-0.2, 0) is 9.53 Å². The Hall–Kier alpha value is -2.55. The van der Waals surface area contributed by atoms with Crippen LogP contribution in [0.5, 0.6) is 0 Å². The van der Waals surface area contributed by atoms with E-state index in [2.05, 4.69) is 0 Å². The van der Waals surface area contributed by atoms with Crippen LogP contribution in [0.15, 0.2) is 60.7 Å². The second kappa shape index (κ2) is 6.75. The molecule has 0 aromatic heterocycles. The van der Waals surface area contributed by atoms with Crippen molar-refractivity contribution in [2.24, 2.45) is 0 Å². The first-order valence-corrected chi connectivity index (χ1v) is 6.74. The predicted octanol–water partition coefficient (Wildman–Crippen LogP) is 3.36. The normalized spacial score (nSPS) is 11.1. The van der Waals surface area contributed by atoms with Crippen molar-refractivity contribution in [1.29, 1.82) is 0 Å². The van der Waals surface area contributed by atoms with Crippen LogP contribution in [-0.4, -0.2) is 27.2 Å². The van der Waals surface area contributed by atoms with E-state index in [4.69, 9.17) is 4.74 Å². The molecule has 2 aromatic rings. The van der Waals surface area contributed by atoms with Crippen LogP contribution in [0.2, 0.25) is 0 Å². The van der Waals surface area contributed by atoms with Crippen molar-refractivity contribution in [3.05, 3.63) is 71.8 Å². The van der Waals surface area contributed by atoms with E-state index in [9.17, 15) is 4.79 Å². The Morgan fingerprint density at radius 2 is 1.52 bits per heavy atom. The number of benzene rings is 2. The van der Waals surface area contributed by atoms with Gasteiger partial charge in [0.25, 0.3) is 0 Å². The first kappa shape index (κ1) is 14.9. The molecule has 0 radical (unpaired) electrons. The molecule has 0 amide bonds. The molecule has 0 aliphatic heterocycles. The minimum absolute atomic E-state index is 0.356. The van der Waals surface area contributed by atoms with E-state index in [1.165, 1.54) is 13.2 Å². The fourth-order valence-electron chi connectivity index (χ4n) is 2.07. The predicted molar refractivity (Wildman–Crippen MR) is 86.3 cm³/mol. The topological polar surface area (TPSA) is 29.5 Å². The molecule has 0 aliphatic carbocycles. The highest BCUT2D eigenvalue weighted by molar-refractivity contribution is 5.96. The Bertz CT molecular complexity index is 628. The molecule has 2 aromatic carbocycles. The number of carbonyl (C=O) groups is 1. The lowest BCUT2D eigenvalue weighted by Gasteiger charge is -2.14. The van der Waals surface area contributed by atoms with Gasteiger partial charge in [0.05, 0.1) is 7.11 Å². The summed E-state index contributed by atoms with van der Waals surface area (Å²) in [4.78, 5) is 13.7. The summed E-state index contributed by atoms with van der Waals surface area (Å²) >= 11 is 0. The first-order chi connectivity index (χ1) is 10.1. The maximum atomic E-state index is 11.6. The zero-order valence-corrected chi connectivity index (χ0v) is 12.5. The van der Waals surface area contributed by atoms with Gasteiger partial charge < -0.3 is 9.64 Å². The molecule has 0 aliphatic rings. The summed E-state index contributed by atoms with van der Waals surface area (Å²) in [5.74, 6) is -0.356. The quantitative estimate of drug-likeness (QED) is 0.636. The number of ether oxygens (including phenoxy) is 1. The molecule has 108 valence electrons. The summed E-state index contributed by atoms with van der Waals surface area (Å²) in [7, 11) is 5.38. The lowest BCUT2D eigenvalue weighted by molar-refractivity contribution is -0.134. The second-order valence-electron chi connectivity index (χ2n) is 4.89. The molecule has 2 rings (SSSR count). The molecule has 0 heterocycles. The summed E-state index contributed by atoms with van der Waals surface area (Å²) in [5, 5.41) is 0. The van der Waals surface area contributed by atoms with E-state index in [1.54, 1.807) is 0 Å². The Morgan fingerprint density at radius 1 is 0.952 bits per heavy atom. The summed E-state index contributed by atoms with van der Waals surface area (Å²) in [5.41, 5.74) is 3.94. The van der Waals surface area contributed by atoms with Gasteiger partial charge in [0, 0.05) is 25.9 Å². The fourth-order valence-corrected chi connectivity index (χ4v) is 2.07. The van der Waals surface area contributed by atoms with Crippen molar-refractivity contribution in [2.75, 3.05) is 26.1 Å². The molecule has 0 saturated heterocycles. The van der Waals surface area contributed by atoms with Gasteiger partial charge >= 0.3 is 5.97 Å². The molecule has 0 unspecified atom stereocenters. The number of methoxy groups -OCH3 is 1. The van der Waals surface area contributed by atoms with E-state index in [0.29, 0.717) is 0 Å². The first-order valence-electron chi connectivity index (χ1n) is 6.74. The van der Waals surface area contributed by atoms with E-state index >= 15 is 0 Å². The molecule has 0 spiro atoms. The average molecular weight is 281 g/mol. The minimum atomic E-state index is -0.356. The SMILES string of the molecule is COC(=O)/C=C(\c1ccccc1)c1ccc(N(C)C)cc1. The largest absolute Gasteiger partial charge is 0.466 e. The van der Waals surface area contributed by atoms with E-state index < -0.39 is 0 Å². The van der Waals surface area contributed by atoms with Crippen molar-refractivity contribution in [1.82, 2.24) is 0 Å². The minimum Gasteiger partial charge on any atom is -0.466 e. The van der Waals surface area contributed by atoms with Crippen molar-refractivity contribution in [3.63, 3.8) is 0 Å². The number of anilines is 1. The third-order valence-corrected chi connectivity index (χ3v) is 3.24. The van der Waals surface area contributed by atoms with Gasteiger partial charge in [-0.2, -0.15) is 0 Å². The number of carbonyl (C=O) groups excluding carboxylic acids is 1. The molecule has 21 heavy (non-hydrogen) atoms. The number of esters is 1. The van der Waals surface area contributed by atoms with Crippen molar-refractivity contribution >= 4 is 17.2 Å². The summed E-state index contributed by atoms with van der Waals surface area (Å²) in [6.45, 7) is 0. The molecular formula is C18H19NO2. The van der Waals surface area contributed by atoms with Crippen LogP contribution in [0.4, 0.5) is 5.69 Å². The number of hydrogen-bond donors (Lipinski definition) is 0. The monoisotopic (exact) mass is 281 g/mol. The maximum Gasteiger partial charge on any atom is 0.331 e. The van der Waals surface area contributed by atoms with Gasteiger partial charge in [-0.15, -0.1) is 0 Å². The van der Waals surface area contributed by atoms with Crippen molar-refractivity contribution in [3.8, 4) is 0 Å². The highest BCUT2D eigenvalue weighted by Gasteiger charge is 2.08. The molecular weight excluding hydrogens is 262 g/mol. The third kappa shape index (κ3) is 3.72. The number of hydrogen-bond acceptors (Lipinski definition) is 3. The lowest BCUT2D eigenvalue weighted by atomic mass is 9.97. The summed E-state index contributed by atoms with van der Waals surface area (Å²) in [6.07, 6.45) is 1.53. The van der Waals surface area contributed by atoms with Crippen LogP contribution in [0.25, 0.3) is 5.57 Å². The van der Waals surface area contributed by atoms with Crippen LogP contribution >= 0.6 is 0 Å².